The summed E-state index contributed by atoms with van der Waals surface area (Å²) in [5, 5.41) is 3.77. The lowest BCUT2D eigenvalue weighted by atomic mass is 10.0. The van der Waals surface area contributed by atoms with Gasteiger partial charge in [-0.3, -0.25) is 9.59 Å². The Balaban J connectivity index is 1.68. The van der Waals surface area contributed by atoms with E-state index in [1.54, 1.807) is 12.1 Å². The molecule has 7 heteroatoms. The number of rotatable bonds is 8. The number of benzene rings is 3. The first-order valence-corrected chi connectivity index (χ1v) is 12.2. The first-order valence-electron chi connectivity index (χ1n) is 11.0. The van der Waals surface area contributed by atoms with Crippen LogP contribution >= 0.6 is 23.4 Å². The van der Waals surface area contributed by atoms with Crippen LogP contribution in [0.25, 0.3) is 0 Å². The highest BCUT2D eigenvalue weighted by molar-refractivity contribution is 8.04. The number of carbonyl (C=O) groups excluding carboxylic acids is 2. The van der Waals surface area contributed by atoms with E-state index in [4.69, 9.17) is 16.3 Å². The summed E-state index contributed by atoms with van der Waals surface area (Å²) in [5.41, 5.74) is 2.60. The number of thioether (sulfide) groups is 1. The van der Waals surface area contributed by atoms with E-state index in [-0.39, 0.29) is 11.6 Å². The fraction of sp³-hybridized carbons (Fsp3) is 0.185. The van der Waals surface area contributed by atoms with E-state index >= 15 is 0 Å². The van der Waals surface area contributed by atoms with Crippen LogP contribution < -0.4 is 15.0 Å². The zero-order valence-corrected chi connectivity index (χ0v) is 20.7. The Labute approximate surface area is 208 Å². The molecule has 1 aliphatic heterocycles. The van der Waals surface area contributed by atoms with Gasteiger partial charge in [-0.15, -0.1) is 0 Å². The lowest BCUT2D eigenvalue weighted by Crippen LogP contribution is -2.32. The average molecular weight is 493 g/mol. The van der Waals surface area contributed by atoms with E-state index in [0.29, 0.717) is 33.8 Å². The highest BCUT2D eigenvalue weighted by Crippen LogP contribution is 2.38. The highest BCUT2D eigenvalue weighted by atomic mass is 35.5. The summed E-state index contributed by atoms with van der Waals surface area (Å²) in [4.78, 5) is 29.3. The molecule has 5 nitrogen and oxygen atoms in total. The van der Waals surface area contributed by atoms with Crippen molar-refractivity contribution in [1.82, 2.24) is 0 Å². The van der Waals surface area contributed by atoms with Gasteiger partial charge in [0.05, 0.1) is 12.3 Å². The van der Waals surface area contributed by atoms with Gasteiger partial charge in [0.2, 0.25) is 0 Å². The lowest BCUT2D eigenvalue weighted by Gasteiger charge is -2.16. The smallest absolute Gasteiger partial charge is 0.283 e. The second kappa shape index (κ2) is 10.4. The predicted molar refractivity (Wildman–Crippen MR) is 139 cm³/mol. The number of imide groups is 1. The fourth-order valence-electron chi connectivity index (χ4n) is 3.52. The van der Waals surface area contributed by atoms with Gasteiger partial charge in [0.1, 0.15) is 16.4 Å². The number of hydrogen-bond donors (Lipinski definition) is 1. The number of ether oxygens (including phenoxy) is 1. The van der Waals surface area contributed by atoms with Crippen LogP contribution in [0, 0.1) is 0 Å². The average Bonchev–Trinajstić information content (AvgIpc) is 3.06. The van der Waals surface area contributed by atoms with Crippen LogP contribution in [0.15, 0.2) is 88.3 Å². The van der Waals surface area contributed by atoms with Crippen molar-refractivity contribution in [2.24, 2.45) is 0 Å². The van der Waals surface area contributed by atoms with Gasteiger partial charge >= 0.3 is 0 Å². The van der Waals surface area contributed by atoms with Crippen molar-refractivity contribution in [1.29, 1.82) is 0 Å². The summed E-state index contributed by atoms with van der Waals surface area (Å²) < 4.78 is 5.50. The zero-order valence-electron chi connectivity index (χ0n) is 19.2. The number of anilines is 2. The third-order valence-corrected chi connectivity index (χ3v) is 6.67. The third-order valence-electron chi connectivity index (χ3n) is 5.33. The van der Waals surface area contributed by atoms with Crippen LogP contribution in [0.3, 0.4) is 0 Å². The maximum atomic E-state index is 13.5. The van der Waals surface area contributed by atoms with Gasteiger partial charge in [-0.05, 0) is 79.1 Å². The minimum Gasteiger partial charge on any atom is -0.494 e. The molecular formula is C27H25ClN2O3S. The molecule has 4 rings (SSSR count). The predicted octanol–water partition coefficient (Wildman–Crippen LogP) is 6.85. The van der Waals surface area contributed by atoms with Crippen LogP contribution in [-0.4, -0.2) is 18.4 Å². The van der Waals surface area contributed by atoms with Crippen molar-refractivity contribution in [2.75, 3.05) is 16.8 Å². The van der Waals surface area contributed by atoms with E-state index < -0.39 is 5.91 Å². The molecule has 1 N–H and O–H groups in total. The SMILES string of the molecule is CCOc1ccc(NC2=C(Sc3ccc(Cl)cc3)C(=O)N(c3ccc(C(C)C)cc3)C2=O)cc1. The Morgan fingerprint density at radius 1 is 0.912 bits per heavy atom. The molecular weight excluding hydrogens is 468 g/mol. The van der Waals surface area contributed by atoms with Crippen LogP contribution in [0.1, 0.15) is 32.3 Å². The normalized spacial score (nSPS) is 13.7. The van der Waals surface area contributed by atoms with Gasteiger partial charge < -0.3 is 10.1 Å². The van der Waals surface area contributed by atoms with Crippen molar-refractivity contribution >= 4 is 46.6 Å². The fourth-order valence-corrected chi connectivity index (χ4v) is 4.58. The Morgan fingerprint density at radius 2 is 1.56 bits per heavy atom. The number of halogens is 1. The number of carbonyl (C=O) groups is 2. The van der Waals surface area contributed by atoms with E-state index in [0.717, 1.165) is 16.2 Å². The molecule has 1 aliphatic rings. The summed E-state index contributed by atoms with van der Waals surface area (Å²) in [6.45, 7) is 6.69. The summed E-state index contributed by atoms with van der Waals surface area (Å²) in [5.74, 6) is 0.326. The van der Waals surface area contributed by atoms with Crippen LogP contribution in [0.2, 0.25) is 5.02 Å². The molecule has 0 saturated carbocycles. The summed E-state index contributed by atoms with van der Waals surface area (Å²) in [6, 6.07) is 22.0. The second-order valence-corrected chi connectivity index (χ2v) is 9.55. The number of nitrogens with one attached hydrogen (secondary N) is 1. The first-order chi connectivity index (χ1) is 16.4. The largest absolute Gasteiger partial charge is 0.494 e. The monoisotopic (exact) mass is 492 g/mol. The molecule has 0 unspecified atom stereocenters. The minimum absolute atomic E-state index is 0.238. The molecule has 174 valence electrons. The van der Waals surface area contributed by atoms with E-state index in [2.05, 4.69) is 19.2 Å². The topological polar surface area (TPSA) is 58.6 Å². The highest BCUT2D eigenvalue weighted by Gasteiger charge is 2.40. The minimum atomic E-state index is -0.396. The second-order valence-electron chi connectivity index (χ2n) is 8.03. The quantitative estimate of drug-likeness (QED) is 0.348. The van der Waals surface area contributed by atoms with E-state index in [9.17, 15) is 9.59 Å². The van der Waals surface area contributed by atoms with Crippen molar-refractivity contribution in [3.05, 3.63) is 94.0 Å². The molecule has 1 heterocycles. The van der Waals surface area contributed by atoms with E-state index in [1.807, 2.05) is 67.6 Å². The number of nitrogens with zero attached hydrogens (tertiary/aromatic N) is 1. The Kier molecular flexibility index (Phi) is 7.29. The van der Waals surface area contributed by atoms with Crippen LogP contribution in [-0.2, 0) is 9.59 Å². The van der Waals surface area contributed by atoms with Gasteiger partial charge in [-0.2, -0.15) is 0 Å². The summed E-state index contributed by atoms with van der Waals surface area (Å²) in [7, 11) is 0. The molecule has 0 radical (unpaired) electrons. The van der Waals surface area contributed by atoms with Gasteiger partial charge in [0.15, 0.2) is 0 Å². The molecule has 2 amide bonds. The molecule has 0 fully saturated rings. The summed E-state index contributed by atoms with van der Waals surface area (Å²) >= 11 is 7.25. The third kappa shape index (κ3) is 5.13. The summed E-state index contributed by atoms with van der Waals surface area (Å²) in [6.07, 6.45) is 0. The molecule has 0 bridgehead atoms. The number of hydrogen-bond acceptors (Lipinski definition) is 5. The Morgan fingerprint density at radius 3 is 2.15 bits per heavy atom. The van der Waals surface area contributed by atoms with Crippen LogP contribution in [0.4, 0.5) is 11.4 Å². The molecule has 0 saturated heterocycles. The molecule has 34 heavy (non-hydrogen) atoms. The maximum Gasteiger partial charge on any atom is 0.283 e. The Bertz CT molecular complexity index is 1220. The molecule has 0 atom stereocenters. The first kappa shape index (κ1) is 23.9. The van der Waals surface area contributed by atoms with Gasteiger partial charge in [0.25, 0.3) is 11.8 Å². The van der Waals surface area contributed by atoms with Gasteiger partial charge in [-0.1, -0.05) is 49.3 Å². The van der Waals surface area contributed by atoms with Gasteiger partial charge in [-0.25, -0.2) is 4.90 Å². The maximum absolute atomic E-state index is 13.5. The van der Waals surface area contributed by atoms with Crippen molar-refractivity contribution in [2.45, 2.75) is 31.6 Å². The lowest BCUT2D eigenvalue weighted by molar-refractivity contribution is -0.120. The molecule has 0 aliphatic carbocycles. The van der Waals surface area contributed by atoms with Gasteiger partial charge in [0, 0.05) is 15.6 Å². The van der Waals surface area contributed by atoms with Crippen molar-refractivity contribution in [3.8, 4) is 5.75 Å². The van der Waals surface area contributed by atoms with Crippen molar-refractivity contribution in [3.63, 3.8) is 0 Å². The molecule has 3 aromatic rings. The standard InChI is InChI=1S/C27H25ClN2O3S/c1-4-33-22-13-9-20(10-14-22)29-24-25(34-23-15-7-19(28)8-16-23)27(32)30(26(24)31)21-11-5-18(6-12-21)17(2)3/h5-17,29H,4H2,1-3H3. The van der Waals surface area contributed by atoms with Crippen LogP contribution in [0.5, 0.6) is 5.75 Å². The van der Waals surface area contributed by atoms with Crippen molar-refractivity contribution < 1.29 is 14.3 Å². The zero-order chi connectivity index (χ0) is 24.2. The van der Waals surface area contributed by atoms with E-state index in [1.165, 1.54) is 16.7 Å². The Hall–Kier alpha value is -3.22. The molecule has 3 aromatic carbocycles. The molecule has 0 aromatic heterocycles. The number of amides is 2. The molecule has 0 spiro atoms.